The van der Waals surface area contributed by atoms with Gasteiger partial charge >= 0.3 is 0 Å². The maximum atomic E-state index is 13.1. The summed E-state index contributed by atoms with van der Waals surface area (Å²) in [5.41, 5.74) is 1.60. The number of hydrogen-bond donors (Lipinski definition) is 1. The lowest BCUT2D eigenvalue weighted by molar-refractivity contribution is 0.0335. The number of benzene rings is 2. The first-order valence-corrected chi connectivity index (χ1v) is 9.05. The third-order valence-corrected chi connectivity index (χ3v) is 4.75. The van der Waals surface area contributed by atoms with Crippen molar-refractivity contribution in [3.63, 3.8) is 0 Å². The van der Waals surface area contributed by atoms with Crippen LogP contribution >= 0.6 is 0 Å². The Kier molecular flexibility index (Phi) is 5.04. The minimum absolute atomic E-state index is 0.193. The fraction of sp³-hybridized carbons (Fsp3) is 0.182. The Morgan fingerprint density at radius 1 is 1.07 bits per heavy atom. The van der Waals surface area contributed by atoms with E-state index in [9.17, 15) is 14.0 Å². The molecule has 2 heterocycles. The number of ether oxygens (including phenoxy) is 1. The van der Waals surface area contributed by atoms with E-state index in [2.05, 4.69) is 5.32 Å². The molecule has 5 nitrogen and oxygen atoms in total. The highest BCUT2D eigenvalue weighted by molar-refractivity contribution is 6.11. The fourth-order valence-corrected chi connectivity index (χ4v) is 3.27. The average Bonchev–Trinajstić information content (AvgIpc) is 2.73. The van der Waals surface area contributed by atoms with Crippen molar-refractivity contribution in [3.8, 4) is 0 Å². The lowest BCUT2D eigenvalue weighted by atomic mass is 10.0. The molecule has 0 amide bonds. The van der Waals surface area contributed by atoms with Crippen LogP contribution in [0.25, 0.3) is 0 Å². The van der Waals surface area contributed by atoms with Gasteiger partial charge in [-0.3, -0.25) is 14.2 Å². The van der Waals surface area contributed by atoms with E-state index in [0.29, 0.717) is 36.6 Å². The molecule has 1 N–H and O–H groups in total. The monoisotopic (exact) mass is 378 g/mol. The molecule has 0 aliphatic carbocycles. The zero-order valence-electron chi connectivity index (χ0n) is 15.1. The molecule has 0 radical (unpaired) electrons. The van der Waals surface area contributed by atoms with Gasteiger partial charge in [0.2, 0.25) is 0 Å². The summed E-state index contributed by atoms with van der Waals surface area (Å²) in [5.74, 6) is -0.194. The van der Waals surface area contributed by atoms with Crippen LogP contribution in [0.2, 0.25) is 0 Å². The zero-order chi connectivity index (χ0) is 19.5. The number of nitrogens with zero attached hydrogens (tertiary/aromatic N) is 1. The van der Waals surface area contributed by atoms with Gasteiger partial charge in [0.15, 0.2) is 5.78 Å². The molecule has 28 heavy (non-hydrogen) atoms. The van der Waals surface area contributed by atoms with E-state index in [0.717, 1.165) is 5.56 Å². The summed E-state index contributed by atoms with van der Waals surface area (Å²) < 4.78 is 20.6. The standard InChI is InChI=1S/C22H19FN2O3/c23-17-8-6-16(7-9-17)21(27)19-10-11-20(26)25-13-18(12-24-22(19)25)28-14-15-4-2-1-3-5-15/h1-11,18,24H,12-14H2. The number of hydrogen-bond acceptors (Lipinski definition) is 4. The predicted molar refractivity (Wildman–Crippen MR) is 104 cm³/mol. The Hall–Kier alpha value is -3.25. The van der Waals surface area contributed by atoms with Crippen molar-refractivity contribution in [1.82, 2.24) is 4.57 Å². The van der Waals surface area contributed by atoms with Crippen molar-refractivity contribution in [2.75, 3.05) is 11.9 Å². The number of fused-ring (bicyclic) bond motifs is 1. The van der Waals surface area contributed by atoms with Crippen molar-refractivity contribution >= 4 is 11.6 Å². The van der Waals surface area contributed by atoms with Gasteiger partial charge in [0.05, 0.1) is 24.8 Å². The second kappa shape index (κ2) is 7.78. The van der Waals surface area contributed by atoms with E-state index in [1.54, 1.807) is 0 Å². The Balaban J connectivity index is 1.55. The van der Waals surface area contributed by atoms with Gasteiger partial charge in [-0.1, -0.05) is 30.3 Å². The van der Waals surface area contributed by atoms with Crippen molar-refractivity contribution in [3.05, 3.63) is 99.6 Å². The van der Waals surface area contributed by atoms with Gasteiger partial charge in [-0.25, -0.2) is 4.39 Å². The van der Waals surface area contributed by atoms with Gasteiger partial charge in [-0.15, -0.1) is 0 Å². The van der Waals surface area contributed by atoms with E-state index >= 15 is 0 Å². The minimum atomic E-state index is -0.403. The molecule has 1 aliphatic rings. The topological polar surface area (TPSA) is 60.3 Å². The first kappa shape index (κ1) is 18.1. The first-order chi connectivity index (χ1) is 13.6. The average molecular weight is 378 g/mol. The molecular weight excluding hydrogens is 359 g/mol. The van der Waals surface area contributed by atoms with Gasteiger partial charge < -0.3 is 10.1 Å². The molecular formula is C22H19FN2O3. The lowest BCUT2D eigenvalue weighted by Gasteiger charge is -2.29. The second-order valence-electron chi connectivity index (χ2n) is 6.68. The summed E-state index contributed by atoms with van der Waals surface area (Å²) in [6, 6.07) is 18.1. The SMILES string of the molecule is O=C(c1ccc(F)cc1)c1ccc(=O)n2c1NCC(OCc1ccccc1)C2. The molecule has 1 unspecified atom stereocenters. The van der Waals surface area contributed by atoms with Crippen LogP contribution in [0.3, 0.4) is 0 Å². The summed E-state index contributed by atoms with van der Waals surface area (Å²) in [7, 11) is 0. The fourth-order valence-electron chi connectivity index (χ4n) is 3.27. The third kappa shape index (κ3) is 3.73. The molecule has 2 aromatic carbocycles. The summed E-state index contributed by atoms with van der Waals surface area (Å²) in [5, 5.41) is 3.16. The molecule has 0 saturated heterocycles. The van der Waals surface area contributed by atoms with E-state index in [1.165, 1.54) is 41.0 Å². The van der Waals surface area contributed by atoms with Crippen LogP contribution in [0.15, 0.2) is 71.5 Å². The molecule has 1 aliphatic heterocycles. The van der Waals surface area contributed by atoms with Gasteiger partial charge in [0, 0.05) is 18.2 Å². The van der Waals surface area contributed by atoms with Crippen molar-refractivity contribution in [1.29, 1.82) is 0 Å². The quantitative estimate of drug-likeness (QED) is 0.693. The van der Waals surface area contributed by atoms with E-state index in [1.807, 2.05) is 30.3 Å². The molecule has 142 valence electrons. The minimum Gasteiger partial charge on any atom is -0.370 e. The highest BCUT2D eigenvalue weighted by Gasteiger charge is 2.24. The molecule has 0 bridgehead atoms. The van der Waals surface area contributed by atoms with Gasteiger partial charge in [0.1, 0.15) is 11.6 Å². The van der Waals surface area contributed by atoms with Crippen molar-refractivity contribution in [2.24, 2.45) is 0 Å². The largest absolute Gasteiger partial charge is 0.370 e. The third-order valence-electron chi connectivity index (χ3n) is 4.75. The van der Waals surface area contributed by atoms with Crippen LogP contribution < -0.4 is 10.9 Å². The number of pyridine rings is 1. The molecule has 1 atom stereocenters. The van der Waals surface area contributed by atoms with E-state index < -0.39 is 5.82 Å². The maximum absolute atomic E-state index is 13.1. The maximum Gasteiger partial charge on any atom is 0.252 e. The molecule has 0 fully saturated rings. The number of anilines is 1. The van der Waals surface area contributed by atoms with E-state index in [-0.39, 0.29) is 17.4 Å². The summed E-state index contributed by atoms with van der Waals surface area (Å²) >= 11 is 0. The Morgan fingerprint density at radius 3 is 2.57 bits per heavy atom. The van der Waals surface area contributed by atoms with Crippen LogP contribution in [-0.4, -0.2) is 23.0 Å². The highest BCUT2D eigenvalue weighted by Crippen LogP contribution is 2.22. The number of carbonyl (C=O) groups excluding carboxylic acids is 1. The number of ketones is 1. The molecule has 4 rings (SSSR count). The lowest BCUT2D eigenvalue weighted by Crippen LogP contribution is -2.40. The Bertz CT molecular complexity index is 1050. The highest BCUT2D eigenvalue weighted by atomic mass is 19.1. The van der Waals surface area contributed by atoms with Crippen LogP contribution in [0.4, 0.5) is 10.2 Å². The molecule has 6 heteroatoms. The van der Waals surface area contributed by atoms with E-state index in [4.69, 9.17) is 4.74 Å². The number of aromatic nitrogens is 1. The second-order valence-corrected chi connectivity index (χ2v) is 6.68. The van der Waals surface area contributed by atoms with Crippen LogP contribution in [0.5, 0.6) is 0 Å². The molecule has 1 aromatic heterocycles. The number of halogens is 1. The van der Waals surface area contributed by atoms with Crippen LogP contribution in [0, 0.1) is 5.82 Å². The number of nitrogens with one attached hydrogen (secondary N) is 1. The molecule has 3 aromatic rings. The molecule has 0 spiro atoms. The number of rotatable bonds is 5. The van der Waals surface area contributed by atoms with Crippen LogP contribution in [-0.2, 0) is 17.9 Å². The summed E-state index contributed by atoms with van der Waals surface area (Å²) in [6.07, 6.45) is -0.193. The summed E-state index contributed by atoms with van der Waals surface area (Å²) in [4.78, 5) is 25.2. The van der Waals surface area contributed by atoms with Gasteiger partial charge in [-0.05, 0) is 35.9 Å². The zero-order valence-corrected chi connectivity index (χ0v) is 15.1. The smallest absolute Gasteiger partial charge is 0.252 e. The van der Waals surface area contributed by atoms with Gasteiger partial charge in [0.25, 0.3) is 5.56 Å². The van der Waals surface area contributed by atoms with Crippen molar-refractivity contribution < 1.29 is 13.9 Å². The van der Waals surface area contributed by atoms with Crippen LogP contribution in [0.1, 0.15) is 21.5 Å². The first-order valence-electron chi connectivity index (χ1n) is 9.05. The van der Waals surface area contributed by atoms with Crippen molar-refractivity contribution in [2.45, 2.75) is 19.3 Å². The Morgan fingerprint density at radius 2 is 1.82 bits per heavy atom. The Labute approximate surface area is 161 Å². The normalized spacial score (nSPS) is 15.5. The summed E-state index contributed by atoms with van der Waals surface area (Å²) in [6.45, 7) is 1.30. The predicted octanol–water partition coefficient (Wildman–Crippen LogP) is 3.23. The number of carbonyl (C=O) groups is 1. The van der Waals surface area contributed by atoms with Gasteiger partial charge in [-0.2, -0.15) is 0 Å². The molecule has 0 saturated carbocycles.